The van der Waals surface area contributed by atoms with Crippen molar-refractivity contribution in [2.75, 3.05) is 6.61 Å². The van der Waals surface area contributed by atoms with Crippen LogP contribution in [0.15, 0.2) is 0 Å². The number of alkyl halides is 3. The van der Waals surface area contributed by atoms with Crippen LogP contribution >= 0.6 is 34.8 Å². The van der Waals surface area contributed by atoms with E-state index in [0.717, 1.165) is 6.42 Å². The molecule has 1 saturated carbocycles. The molecule has 1 amide bonds. The number of carbonyl (C=O) groups is 2. The van der Waals surface area contributed by atoms with Crippen molar-refractivity contribution >= 4 is 46.7 Å². The van der Waals surface area contributed by atoms with Gasteiger partial charge >= 0.3 is 5.97 Å². The summed E-state index contributed by atoms with van der Waals surface area (Å²) in [6.45, 7) is 4.00. The van der Waals surface area contributed by atoms with Crippen molar-refractivity contribution in [2.45, 2.75) is 36.5 Å². The molecule has 18 heavy (non-hydrogen) atoms. The smallest absolute Gasteiger partial charge is 0.311 e. The molecule has 1 aliphatic rings. The molecule has 0 heterocycles. The largest absolute Gasteiger partial charge is 0.466 e. The Morgan fingerprint density at radius 3 is 2.44 bits per heavy atom. The second-order valence-corrected chi connectivity index (χ2v) is 6.69. The highest BCUT2D eigenvalue weighted by Crippen LogP contribution is 2.34. The number of ether oxygens (including phenoxy) is 1. The van der Waals surface area contributed by atoms with Crippen LogP contribution in [0.2, 0.25) is 0 Å². The topological polar surface area (TPSA) is 55.4 Å². The van der Waals surface area contributed by atoms with Gasteiger partial charge in [0, 0.05) is 6.04 Å². The number of rotatable bonds is 3. The van der Waals surface area contributed by atoms with Gasteiger partial charge in [-0.25, -0.2) is 0 Å². The first-order valence-electron chi connectivity index (χ1n) is 5.81. The van der Waals surface area contributed by atoms with Gasteiger partial charge in [-0.05, 0) is 25.7 Å². The average molecular weight is 317 g/mol. The molecule has 0 aromatic heterocycles. The Hall–Kier alpha value is -0.190. The molecule has 0 saturated heterocycles. The maximum atomic E-state index is 11.8. The number of esters is 1. The van der Waals surface area contributed by atoms with Crippen molar-refractivity contribution in [3.8, 4) is 0 Å². The van der Waals surface area contributed by atoms with Gasteiger partial charge in [0.2, 0.25) is 0 Å². The van der Waals surface area contributed by atoms with Gasteiger partial charge in [0.05, 0.1) is 12.5 Å². The molecule has 7 heteroatoms. The molecule has 1 N–H and O–H groups in total. The van der Waals surface area contributed by atoms with Crippen LogP contribution in [0.3, 0.4) is 0 Å². The van der Waals surface area contributed by atoms with Gasteiger partial charge < -0.3 is 10.1 Å². The van der Waals surface area contributed by atoms with Crippen LogP contribution in [0.4, 0.5) is 0 Å². The van der Waals surface area contributed by atoms with Crippen LogP contribution < -0.4 is 5.32 Å². The summed E-state index contributed by atoms with van der Waals surface area (Å²) >= 11 is 16.5. The Kier molecular flexibility index (Phi) is 5.56. The van der Waals surface area contributed by atoms with Crippen LogP contribution in [-0.4, -0.2) is 28.3 Å². The maximum Gasteiger partial charge on any atom is 0.311 e. The highest BCUT2D eigenvalue weighted by Gasteiger charge is 2.42. The summed E-state index contributed by atoms with van der Waals surface area (Å²) < 4.78 is 3.00. The Morgan fingerprint density at radius 2 is 1.94 bits per heavy atom. The second kappa shape index (κ2) is 6.31. The lowest BCUT2D eigenvalue weighted by molar-refractivity contribution is -0.150. The van der Waals surface area contributed by atoms with Gasteiger partial charge in [0.1, 0.15) is 0 Å². The first kappa shape index (κ1) is 15.9. The van der Waals surface area contributed by atoms with Crippen molar-refractivity contribution in [3.63, 3.8) is 0 Å². The van der Waals surface area contributed by atoms with Crippen LogP contribution in [0.25, 0.3) is 0 Å². The Balaban J connectivity index is 2.70. The number of halogens is 3. The molecule has 104 valence electrons. The molecule has 0 bridgehead atoms. The third-order valence-corrected chi connectivity index (χ3v) is 3.63. The summed E-state index contributed by atoms with van der Waals surface area (Å²) in [5.74, 6) is -1.25. The molecule has 0 spiro atoms. The summed E-state index contributed by atoms with van der Waals surface area (Å²) in [5.41, 5.74) is 0. The highest BCUT2D eigenvalue weighted by atomic mass is 35.6. The molecule has 0 aromatic carbocycles. The summed E-state index contributed by atoms with van der Waals surface area (Å²) in [7, 11) is 0. The number of amides is 1. The number of nitrogens with one attached hydrogen (secondary N) is 1. The zero-order valence-corrected chi connectivity index (χ0v) is 12.5. The van der Waals surface area contributed by atoms with Crippen molar-refractivity contribution < 1.29 is 14.3 Å². The SMILES string of the molecule is CCOC(=O)C1C(C)CCC1NC(=O)C(Cl)(Cl)Cl. The molecule has 1 fully saturated rings. The van der Waals surface area contributed by atoms with Gasteiger partial charge in [0.15, 0.2) is 0 Å². The van der Waals surface area contributed by atoms with E-state index in [0.29, 0.717) is 13.0 Å². The summed E-state index contributed by atoms with van der Waals surface area (Å²) in [6.07, 6.45) is 1.51. The third-order valence-electron chi connectivity index (χ3n) is 3.11. The van der Waals surface area contributed by atoms with Gasteiger partial charge in [0.25, 0.3) is 9.70 Å². The second-order valence-electron chi connectivity index (χ2n) is 4.41. The summed E-state index contributed by atoms with van der Waals surface area (Å²) in [6, 6.07) is -0.331. The quantitative estimate of drug-likeness (QED) is 0.643. The molecule has 0 aromatic rings. The molecule has 3 atom stereocenters. The lowest BCUT2D eigenvalue weighted by Gasteiger charge is -2.23. The minimum Gasteiger partial charge on any atom is -0.466 e. The maximum absolute atomic E-state index is 11.8. The van der Waals surface area contributed by atoms with Crippen LogP contribution in [0.1, 0.15) is 26.7 Å². The van der Waals surface area contributed by atoms with E-state index in [1.807, 2.05) is 6.92 Å². The molecule has 1 aliphatic carbocycles. The number of carbonyl (C=O) groups excluding carboxylic acids is 2. The monoisotopic (exact) mass is 315 g/mol. The Morgan fingerprint density at radius 1 is 1.33 bits per heavy atom. The summed E-state index contributed by atoms with van der Waals surface area (Å²) in [4.78, 5) is 23.4. The molecule has 1 rings (SSSR count). The Labute approximate surface area is 121 Å². The van der Waals surface area contributed by atoms with E-state index in [1.54, 1.807) is 6.92 Å². The predicted octanol–water partition coefficient (Wildman–Crippen LogP) is 2.45. The van der Waals surface area contributed by atoms with Gasteiger partial charge in [-0.2, -0.15) is 0 Å². The van der Waals surface area contributed by atoms with Gasteiger partial charge in [-0.3, -0.25) is 9.59 Å². The molecule has 4 nitrogen and oxygen atoms in total. The number of hydrogen-bond donors (Lipinski definition) is 1. The van der Waals surface area contributed by atoms with Gasteiger partial charge in [-0.15, -0.1) is 0 Å². The zero-order valence-electron chi connectivity index (χ0n) is 10.2. The van der Waals surface area contributed by atoms with Crippen molar-refractivity contribution in [3.05, 3.63) is 0 Å². The van der Waals surface area contributed by atoms with E-state index in [1.165, 1.54) is 0 Å². The summed E-state index contributed by atoms with van der Waals surface area (Å²) in [5, 5.41) is 2.60. The minimum absolute atomic E-state index is 0.143. The fourth-order valence-electron chi connectivity index (χ4n) is 2.25. The lowest BCUT2D eigenvalue weighted by atomic mass is 9.95. The predicted molar refractivity (Wildman–Crippen MR) is 70.7 cm³/mol. The van der Waals surface area contributed by atoms with E-state index in [-0.39, 0.29) is 23.8 Å². The van der Waals surface area contributed by atoms with E-state index >= 15 is 0 Å². The van der Waals surface area contributed by atoms with E-state index < -0.39 is 9.70 Å². The van der Waals surface area contributed by atoms with Crippen LogP contribution in [-0.2, 0) is 14.3 Å². The van der Waals surface area contributed by atoms with Gasteiger partial charge in [-0.1, -0.05) is 41.7 Å². The molecule has 0 aliphatic heterocycles. The lowest BCUT2D eigenvalue weighted by Crippen LogP contribution is -2.46. The average Bonchev–Trinajstić information content (AvgIpc) is 2.58. The fraction of sp³-hybridized carbons (Fsp3) is 0.818. The highest BCUT2D eigenvalue weighted by molar-refractivity contribution is 6.76. The Bertz CT molecular complexity index is 330. The van der Waals surface area contributed by atoms with Crippen molar-refractivity contribution in [2.24, 2.45) is 11.8 Å². The minimum atomic E-state index is -2.01. The molecule has 0 radical (unpaired) electrons. The van der Waals surface area contributed by atoms with E-state index in [2.05, 4.69) is 5.32 Å². The first-order chi connectivity index (χ1) is 8.27. The molecular formula is C11H16Cl3NO3. The number of hydrogen-bond acceptors (Lipinski definition) is 3. The normalized spacial score (nSPS) is 27.9. The standard InChI is InChI=1S/C11H16Cl3NO3/c1-3-18-9(16)8-6(2)4-5-7(8)15-10(17)11(12,13)14/h6-8H,3-5H2,1-2H3,(H,15,17). The van der Waals surface area contributed by atoms with Crippen molar-refractivity contribution in [1.29, 1.82) is 0 Å². The van der Waals surface area contributed by atoms with Crippen LogP contribution in [0.5, 0.6) is 0 Å². The van der Waals surface area contributed by atoms with Crippen LogP contribution in [0, 0.1) is 11.8 Å². The van der Waals surface area contributed by atoms with E-state index in [9.17, 15) is 9.59 Å². The first-order valence-corrected chi connectivity index (χ1v) is 6.95. The van der Waals surface area contributed by atoms with E-state index in [4.69, 9.17) is 39.5 Å². The fourth-order valence-corrected chi connectivity index (χ4v) is 2.41. The third kappa shape index (κ3) is 3.90. The molecular weight excluding hydrogens is 300 g/mol. The zero-order chi connectivity index (χ0) is 13.9. The van der Waals surface area contributed by atoms with Crippen molar-refractivity contribution in [1.82, 2.24) is 5.32 Å². The molecule has 3 unspecified atom stereocenters.